The van der Waals surface area contributed by atoms with E-state index in [0.717, 1.165) is 5.82 Å². The van der Waals surface area contributed by atoms with E-state index in [4.69, 9.17) is 4.74 Å². The van der Waals surface area contributed by atoms with E-state index in [1.165, 1.54) is 25.2 Å². The Balaban J connectivity index is 1.36. The Morgan fingerprint density at radius 2 is 1.96 bits per heavy atom. The summed E-state index contributed by atoms with van der Waals surface area (Å²) in [6.45, 7) is 4.87. The van der Waals surface area contributed by atoms with Crippen molar-refractivity contribution in [1.82, 2.24) is 14.9 Å². The molecule has 2 heterocycles. The van der Waals surface area contributed by atoms with E-state index in [1.54, 1.807) is 24.0 Å². The van der Waals surface area contributed by atoms with Gasteiger partial charge >= 0.3 is 0 Å². The fraction of sp³-hybridized carbons (Fsp3) is 0.450. The summed E-state index contributed by atoms with van der Waals surface area (Å²) in [4.78, 5) is 25.0. The minimum atomic E-state index is -0.348. The lowest BCUT2D eigenvalue weighted by Gasteiger charge is -2.35. The summed E-state index contributed by atoms with van der Waals surface area (Å²) >= 11 is 0. The molecule has 1 saturated carbocycles. The van der Waals surface area contributed by atoms with Crippen molar-refractivity contribution in [2.75, 3.05) is 37.7 Å². The third-order valence-electron chi connectivity index (χ3n) is 5.10. The lowest BCUT2D eigenvalue weighted by molar-refractivity contribution is 0.0746. The zero-order chi connectivity index (χ0) is 18.8. The third-order valence-corrected chi connectivity index (χ3v) is 5.10. The molecular weight excluding hydrogens is 347 g/mol. The molecule has 1 aliphatic heterocycles. The number of hydrogen-bond acceptors (Lipinski definition) is 5. The Hall–Kier alpha value is -2.70. The van der Waals surface area contributed by atoms with Crippen molar-refractivity contribution in [2.45, 2.75) is 19.8 Å². The number of anilines is 1. The molecule has 27 heavy (non-hydrogen) atoms. The maximum Gasteiger partial charge on any atom is 0.254 e. The van der Waals surface area contributed by atoms with Crippen molar-refractivity contribution in [3.63, 3.8) is 0 Å². The lowest BCUT2D eigenvalue weighted by atomic mass is 10.1. The van der Waals surface area contributed by atoms with E-state index < -0.39 is 0 Å². The van der Waals surface area contributed by atoms with Crippen LogP contribution in [0.4, 0.5) is 10.2 Å². The van der Waals surface area contributed by atoms with Crippen LogP contribution in [0.3, 0.4) is 0 Å². The maximum absolute atomic E-state index is 13.7. The van der Waals surface area contributed by atoms with Gasteiger partial charge in [-0.2, -0.15) is 0 Å². The minimum Gasteiger partial charge on any atom is -0.477 e. The molecule has 0 N–H and O–H groups in total. The molecule has 0 radical (unpaired) electrons. The number of aryl methyl sites for hydroxylation is 1. The number of rotatable bonds is 5. The number of carbonyl (C=O) groups is 1. The van der Waals surface area contributed by atoms with Crippen molar-refractivity contribution >= 4 is 11.7 Å². The van der Waals surface area contributed by atoms with Gasteiger partial charge in [0.25, 0.3) is 5.91 Å². The SMILES string of the molecule is Cc1ccc(C(=O)N2CCN(c3cc(OCC4CC4)ncn3)CC2)cc1F. The Kier molecular flexibility index (Phi) is 4.92. The number of piperazine rings is 1. The van der Waals surface area contributed by atoms with Gasteiger partial charge in [-0.1, -0.05) is 6.07 Å². The summed E-state index contributed by atoms with van der Waals surface area (Å²) in [7, 11) is 0. The number of ether oxygens (including phenoxy) is 1. The Morgan fingerprint density at radius 3 is 2.67 bits per heavy atom. The number of aromatic nitrogens is 2. The largest absolute Gasteiger partial charge is 0.477 e. The van der Waals surface area contributed by atoms with E-state index in [-0.39, 0.29) is 11.7 Å². The first kappa shape index (κ1) is 17.7. The second-order valence-corrected chi connectivity index (χ2v) is 7.21. The molecule has 6 nitrogen and oxygen atoms in total. The number of halogens is 1. The molecule has 7 heteroatoms. The number of amides is 1. The van der Waals surface area contributed by atoms with E-state index >= 15 is 0 Å². The topological polar surface area (TPSA) is 58.6 Å². The fourth-order valence-electron chi connectivity index (χ4n) is 3.12. The summed E-state index contributed by atoms with van der Waals surface area (Å²) in [5.41, 5.74) is 0.934. The Labute approximate surface area is 158 Å². The highest BCUT2D eigenvalue weighted by Crippen LogP contribution is 2.29. The van der Waals surface area contributed by atoms with Gasteiger partial charge in [-0.25, -0.2) is 14.4 Å². The summed E-state index contributed by atoms with van der Waals surface area (Å²) in [6, 6.07) is 6.50. The summed E-state index contributed by atoms with van der Waals surface area (Å²) in [5, 5.41) is 0. The molecule has 1 aromatic carbocycles. The summed E-state index contributed by atoms with van der Waals surface area (Å²) < 4.78 is 19.5. The molecule has 0 spiro atoms. The smallest absolute Gasteiger partial charge is 0.254 e. The van der Waals surface area contributed by atoms with Gasteiger partial charge in [0.1, 0.15) is 18.0 Å². The predicted molar refractivity (Wildman–Crippen MR) is 99.5 cm³/mol. The second-order valence-electron chi connectivity index (χ2n) is 7.21. The fourth-order valence-corrected chi connectivity index (χ4v) is 3.12. The average Bonchev–Trinajstić information content (AvgIpc) is 3.53. The van der Waals surface area contributed by atoms with Gasteiger partial charge in [0.05, 0.1) is 6.61 Å². The lowest BCUT2D eigenvalue weighted by Crippen LogP contribution is -2.49. The first-order chi connectivity index (χ1) is 13.1. The first-order valence-corrected chi connectivity index (χ1v) is 9.35. The second kappa shape index (κ2) is 7.50. The summed E-state index contributed by atoms with van der Waals surface area (Å²) in [5.74, 6) is 1.60. The van der Waals surface area contributed by atoms with Gasteiger partial charge in [0.15, 0.2) is 0 Å². The van der Waals surface area contributed by atoms with Gasteiger partial charge in [0.2, 0.25) is 5.88 Å². The van der Waals surface area contributed by atoms with Crippen molar-refractivity contribution in [2.24, 2.45) is 5.92 Å². The number of hydrogen-bond donors (Lipinski definition) is 0. The normalized spacial score (nSPS) is 17.1. The van der Waals surface area contributed by atoms with Crippen molar-refractivity contribution < 1.29 is 13.9 Å². The Morgan fingerprint density at radius 1 is 1.19 bits per heavy atom. The van der Waals surface area contributed by atoms with Crippen LogP contribution in [0.25, 0.3) is 0 Å². The highest BCUT2D eigenvalue weighted by molar-refractivity contribution is 5.94. The maximum atomic E-state index is 13.7. The van der Waals surface area contributed by atoms with Crippen LogP contribution < -0.4 is 9.64 Å². The van der Waals surface area contributed by atoms with E-state index in [0.29, 0.717) is 55.7 Å². The van der Waals surface area contributed by atoms with Gasteiger partial charge in [-0.15, -0.1) is 0 Å². The van der Waals surface area contributed by atoms with Crippen molar-refractivity contribution in [3.05, 3.63) is 47.5 Å². The highest BCUT2D eigenvalue weighted by Gasteiger charge is 2.24. The molecule has 1 aromatic heterocycles. The third kappa shape index (κ3) is 4.18. The quantitative estimate of drug-likeness (QED) is 0.810. The molecule has 0 bridgehead atoms. The molecular formula is C20H23FN4O2. The molecule has 1 saturated heterocycles. The molecule has 2 aliphatic rings. The average molecular weight is 370 g/mol. The number of carbonyl (C=O) groups excluding carboxylic acids is 1. The van der Waals surface area contributed by atoms with Crippen LogP contribution >= 0.6 is 0 Å². The molecule has 2 aromatic rings. The van der Waals surface area contributed by atoms with Crippen molar-refractivity contribution in [3.8, 4) is 5.88 Å². The van der Waals surface area contributed by atoms with Crippen LogP contribution in [0.5, 0.6) is 5.88 Å². The highest BCUT2D eigenvalue weighted by atomic mass is 19.1. The van der Waals surface area contributed by atoms with Crippen LogP contribution in [0.2, 0.25) is 0 Å². The van der Waals surface area contributed by atoms with Crippen LogP contribution in [-0.2, 0) is 0 Å². The van der Waals surface area contributed by atoms with E-state index in [1.807, 2.05) is 6.07 Å². The zero-order valence-electron chi connectivity index (χ0n) is 15.4. The van der Waals surface area contributed by atoms with Gasteiger partial charge in [0, 0.05) is 37.8 Å². The first-order valence-electron chi connectivity index (χ1n) is 9.35. The number of benzene rings is 1. The Bertz CT molecular complexity index is 832. The molecule has 0 unspecified atom stereocenters. The summed E-state index contributed by atoms with van der Waals surface area (Å²) in [6.07, 6.45) is 3.99. The van der Waals surface area contributed by atoms with Gasteiger partial charge in [-0.3, -0.25) is 4.79 Å². The molecule has 4 rings (SSSR count). The van der Waals surface area contributed by atoms with Crippen LogP contribution in [0.15, 0.2) is 30.6 Å². The molecule has 1 amide bonds. The van der Waals surface area contributed by atoms with Crippen LogP contribution in [0, 0.1) is 18.7 Å². The van der Waals surface area contributed by atoms with Crippen LogP contribution in [-0.4, -0.2) is 53.6 Å². The molecule has 1 aliphatic carbocycles. The van der Waals surface area contributed by atoms with E-state index in [2.05, 4.69) is 14.9 Å². The minimum absolute atomic E-state index is 0.135. The number of nitrogens with zero attached hydrogens (tertiary/aromatic N) is 4. The van der Waals surface area contributed by atoms with Gasteiger partial charge in [-0.05, 0) is 43.4 Å². The molecule has 2 fully saturated rings. The van der Waals surface area contributed by atoms with Crippen molar-refractivity contribution in [1.29, 1.82) is 0 Å². The predicted octanol–water partition coefficient (Wildman–Crippen LogP) is 2.68. The van der Waals surface area contributed by atoms with Crippen LogP contribution in [0.1, 0.15) is 28.8 Å². The molecule has 0 atom stereocenters. The van der Waals surface area contributed by atoms with E-state index in [9.17, 15) is 9.18 Å². The standard InChI is InChI=1S/C20H23FN4O2/c1-14-2-5-16(10-17(14)21)20(26)25-8-6-24(7-9-25)18-11-19(23-13-22-18)27-12-15-3-4-15/h2,5,10-11,13,15H,3-4,6-9,12H2,1H3. The zero-order valence-corrected chi connectivity index (χ0v) is 15.4. The molecule has 142 valence electrons. The monoisotopic (exact) mass is 370 g/mol. The van der Waals surface area contributed by atoms with Gasteiger partial charge < -0.3 is 14.5 Å².